The first-order chi connectivity index (χ1) is 12.5. The lowest BCUT2D eigenvalue weighted by atomic mass is 10.0. The molecule has 0 aromatic heterocycles. The topological polar surface area (TPSA) is 52.6 Å². The quantitative estimate of drug-likeness (QED) is 0.503. The summed E-state index contributed by atoms with van der Waals surface area (Å²) >= 11 is 0. The zero-order chi connectivity index (χ0) is 18.7. The second kappa shape index (κ2) is 7.40. The number of methoxy groups -OCH3 is 1. The summed E-state index contributed by atoms with van der Waals surface area (Å²) in [5.41, 5.74) is 2.88. The van der Waals surface area contributed by atoms with Crippen molar-refractivity contribution in [3.05, 3.63) is 76.9 Å². The van der Waals surface area contributed by atoms with Gasteiger partial charge in [0.05, 0.1) is 12.7 Å². The van der Waals surface area contributed by atoms with Crippen LogP contribution < -0.4 is 4.74 Å². The minimum Gasteiger partial charge on any atom is -0.497 e. The number of hydrogen-bond acceptors (Lipinski definition) is 4. The molecule has 0 fully saturated rings. The van der Waals surface area contributed by atoms with Crippen LogP contribution in [0.25, 0.3) is 10.8 Å². The number of carbonyl (C=O) groups is 2. The number of aryl methyl sites for hydroxylation is 1. The lowest BCUT2D eigenvalue weighted by Gasteiger charge is -2.09. The molecule has 3 aromatic carbocycles. The zero-order valence-corrected chi connectivity index (χ0v) is 15.0. The molecule has 0 atom stereocenters. The highest BCUT2D eigenvalue weighted by atomic mass is 16.5. The van der Waals surface area contributed by atoms with E-state index in [2.05, 4.69) is 0 Å². The maximum atomic E-state index is 12.4. The van der Waals surface area contributed by atoms with Gasteiger partial charge >= 0.3 is 5.97 Å². The van der Waals surface area contributed by atoms with Gasteiger partial charge in [-0.25, -0.2) is 4.79 Å². The van der Waals surface area contributed by atoms with E-state index in [1.54, 1.807) is 31.4 Å². The average molecular weight is 348 g/mol. The first-order valence-electron chi connectivity index (χ1n) is 8.34. The van der Waals surface area contributed by atoms with Gasteiger partial charge in [-0.2, -0.15) is 0 Å². The van der Waals surface area contributed by atoms with E-state index in [4.69, 9.17) is 9.47 Å². The number of Topliss-reactive ketones (excluding diaryl/α,β-unsaturated/α-hetero) is 1. The lowest BCUT2D eigenvalue weighted by molar-refractivity contribution is 0.0474. The van der Waals surface area contributed by atoms with Crippen LogP contribution in [0.2, 0.25) is 0 Å². The molecular formula is C22H20O4. The zero-order valence-electron chi connectivity index (χ0n) is 15.0. The summed E-state index contributed by atoms with van der Waals surface area (Å²) in [6, 6.07) is 16.5. The highest BCUT2D eigenvalue weighted by Crippen LogP contribution is 2.22. The fourth-order valence-electron chi connectivity index (χ4n) is 2.79. The molecule has 132 valence electrons. The molecule has 0 aliphatic rings. The van der Waals surface area contributed by atoms with Crippen molar-refractivity contribution in [2.24, 2.45) is 0 Å². The van der Waals surface area contributed by atoms with E-state index >= 15 is 0 Å². The van der Waals surface area contributed by atoms with Crippen molar-refractivity contribution in [2.45, 2.75) is 13.8 Å². The molecule has 4 heteroatoms. The second-order valence-corrected chi connectivity index (χ2v) is 6.17. The summed E-state index contributed by atoms with van der Waals surface area (Å²) < 4.78 is 10.4. The van der Waals surface area contributed by atoms with Gasteiger partial charge in [-0.1, -0.05) is 30.3 Å². The summed E-state index contributed by atoms with van der Waals surface area (Å²) in [5, 5.41) is 1.91. The van der Waals surface area contributed by atoms with E-state index in [0.717, 1.165) is 27.6 Å². The van der Waals surface area contributed by atoms with Gasteiger partial charge in [-0.05, 0) is 60.0 Å². The lowest BCUT2D eigenvalue weighted by Crippen LogP contribution is -2.15. The van der Waals surface area contributed by atoms with Crippen LogP contribution in [0, 0.1) is 13.8 Å². The molecule has 3 aromatic rings. The number of ketones is 1. The smallest absolute Gasteiger partial charge is 0.338 e. The van der Waals surface area contributed by atoms with E-state index in [9.17, 15) is 9.59 Å². The van der Waals surface area contributed by atoms with Gasteiger partial charge in [0.2, 0.25) is 0 Å². The van der Waals surface area contributed by atoms with Crippen LogP contribution in [-0.2, 0) is 4.74 Å². The van der Waals surface area contributed by atoms with Crippen LogP contribution in [0.3, 0.4) is 0 Å². The molecule has 0 bridgehead atoms. The number of rotatable bonds is 5. The summed E-state index contributed by atoms with van der Waals surface area (Å²) in [6.07, 6.45) is 0. The van der Waals surface area contributed by atoms with Crippen LogP contribution >= 0.6 is 0 Å². The van der Waals surface area contributed by atoms with E-state index < -0.39 is 5.97 Å². The Balaban J connectivity index is 1.72. The maximum absolute atomic E-state index is 12.4. The summed E-state index contributed by atoms with van der Waals surface area (Å²) in [5.74, 6) is 0.0467. The Morgan fingerprint density at radius 1 is 0.923 bits per heavy atom. The predicted octanol–water partition coefficient (Wildman–Crippen LogP) is 4.50. The third kappa shape index (κ3) is 3.59. The van der Waals surface area contributed by atoms with Crippen LogP contribution in [0.1, 0.15) is 31.8 Å². The highest BCUT2D eigenvalue weighted by molar-refractivity contribution is 6.02. The molecule has 0 heterocycles. The van der Waals surface area contributed by atoms with Gasteiger partial charge in [0.25, 0.3) is 0 Å². The normalized spacial score (nSPS) is 10.6. The van der Waals surface area contributed by atoms with Gasteiger partial charge in [0.15, 0.2) is 12.4 Å². The average Bonchev–Trinajstić information content (AvgIpc) is 2.67. The van der Waals surface area contributed by atoms with Crippen LogP contribution in [-0.4, -0.2) is 25.5 Å². The van der Waals surface area contributed by atoms with Crippen molar-refractivity contribution in [3.8, 4) is 5.75 Å². The van der Waals surface area contributed by atoms with Crippen molar-refractivity contribution < 1.29 is 19.1 Å². The molecule has 0 N–H and O–H groups in total. The third-order valence-electron chi connectivity index (χ3n) is 4.53. The van der Waals surface area contributed by atoms with Gasteiger partial charge in [-0.15, -0.1) is 0 Å². The minimum absolute atomic E-state index is 0.235. The maximum Gasteiger partial charge on any atom is 0.338 e. The fourth-order valence-corrected chi connectivity index (χ4v) is 2.79. The molecule has 0 unspecified atom stereocenters. The van der Waals surface area contributed by atoms with Crippen molar-refractivity contribution in [1.29, 1.82) is 0 Å². The van der Waals surface area contributed by atoms with E-state index in [0.29, 0.717) is 11.1 Å². The van der Waals surface area contributed by atoms with Gasteiger partial charge in [0.1, 0.15) is 5.75 Å². The Hall–Kier alpha value is -3.14. The number of fused-ring (bicyclic) bond motifs is 1. The molecule has 0 amide bonds. The van der Waals surface area contributed by atoms with Gasteiger partial charge < -0.3 is 9.47 Å². The standard InChI is InChI=1S/C22H20O4/c1-14-5-4-6-20(15(14)2)22(24)26-13-21(23)18-8-7-17-12-19(25-3)10-9-16(17)11-18/h4-12H,13H2,1-3H3. The molecule has 26 heavy (non-hydrogen) atoms. The molecule has 0 saturated carbocycles. The Labute approximate surface area is 152 Å². The van der Waals surface area contributed by atoms with Crippen molar-refractivity contribution >= 4 is 22.5 Å². The summed E-state index contributed by atoms with van der Waals surface area (Å²) in [4.78, 5) is 24.6. The Bertz CT molecular complexity index is 989. The minimum atomic E-state index is -0.481. The molecule has 0 radical (unpaired) electrons. The van der Waals surface area contributed by atoms with Crippen LogP contribution in [0.5, 0.6) is 5.75 Å². The number of esters is 1. The molecule has 0 saturated heterocycles. The SMILES string of the molecule is COc1ccc2cc(C(=O)COC(=O)c3cccc(C)c3C)ccc2c1. The molecule has 4 nitrogen and oxygen atoms in total. The number of benzene rings is 3. The molecule has 3 rings (SSSR count). The first kappa shape index (κ1) is 17.7. The monoisotopic (exact) mass is 348 g/mol. The van der Waals surface area contributed by atoms with Crippen molar-refractivity contribution in [1.82, 2.24) is 0 Å². The van der Waals surface area contributed by atoms with Crippen LogP contribution in [0.4, 0.5) is 0 Å². The molecule has 0 aliphatic carbocycles. The Morgan fingerprint density at radius 3 is 2.42 bits per heavy atom. The summed E-state index contributed by atoms with van der Waals surface area (Å²) in [7, 11) is 1.61. The van der Waals surface area contributed by atoms with E-state index in [1.807, 2.05) is 44.2 Å². The molecule has 0 spiro atoms. The fraction of sp³-hybridized carbons (Fsp3) is 0.182. The van der Waals surface area contributed by atoms with Gasteiger partial charge in [-0.3, -0.25) is 4.79 Å². The largest absolute Gasteiger partial charge is 0.497 e. The first-order valence-corrected chi connectivity index (χ1v) is 8.34. The van der Waals surface area contributed by atoms with Crippen LogP contribution in [0.15, 0.2) is 54.6 Å². The third-order valence-corrected chi connectivity index (χ3v) is 4.53. The molecule has 0 aliphatic heterocycles. The van der Waals surface area contributed by atoms with Crippen molar-refractivity contribution in [2.75, 3.05) is 13.7 Å². The van der Waals surface area contributed by atoms with Crippen molar-refractivity contribution in [3.63, 3.8) is 0 Å². The number of ether oxygens (including phenoxy) is 2. The second-order valence-electron chi connectivity index (χ2n) is 6.17. The number of hydrogen-bond donors (Lipinski definition) is 0. The number of carbonyl (C=O) groups excluding carboxylic acids is 2. The Morgan fingerprint density at radius 2 is 1.65 bits per heavy atom. The van der Waals surface area contributed by atoms with E-state index in [1.165, 1.54) is 0 Å². The van der Waals surface area contributed by atoms with E-state index in [-0.39, 0.29) is 12.4 Å². The summed E-state index contributed by atoms with van der Waals surface area (Å²) in [6.45, 7) is 3.51. The molecular weight excluding hydrogens is 328 g/mol. The predicted molar refractivity (Wildman–Crippen MR) is 101 cm³/mol. The Kier molecular flexibility index (Phi) is 5.03. The van der Waals surface area contributed by atoms with Gasteiger partial charge in [0, 0.05) is 5.56 Å². The highest BCUT2D eigenvalue weighted by Gasteiger charge is 2.15.